The molecule has 0 radical (unpaired) electrons. The largest absolute Gasteiger partial charge is 0.368 e. The van der Waals surface area contributed by atoms with Crippen LogP contribution >= 0.6 is 0 Å². The van der Waals surface area contributed by atoms with E-state index < -0.39 is 17.7 Å². The number of nitrogens with zero attached hydrogens (tertiary/aromatic N) is 4. The van der Waals surface area contributed by atoms with Gasteiger partial charge in [-0.1, -0.05) is 6.07 Å². The Morgan fingerprint density at radius 2 is 1.88 bits per heavy atom. The van der Waals surface area contributed by atoms with Crippen LogP contribution < -0.4 is 16.4 Å². The molecule has 0 saturated heterocycles. The van der Waals surface area contributed by atoms with Crippen LogP contribution in [0.2, 0.25) is 0 Å². The Bertz CT molecular complexity index is 895. The zero-order chi connectivity index (χ0) is 18.0. The van der Waals surface area contributed by atoms with Crippen molar-refractivity contribution in [3.8, 4) is 0 Å². The van der Waals surface area contributed by atoms with E-state index in [9.17, 15) is 8.78 Å². The Kier molecular flexibility index (Phi) is 4.42. The van der Waals surface area contributed by atoms with Crippen LogP contribution in [-0.2, 0) is 0 Å². The second-order valence-electron chi connectivity index (χ2n) is 5.43. The molecule has 1 unspecified atom stereocenters. The smallest absolute Gasteiger partial charge is 0.235 e. The first kappa shape index (κ1) is 16.6. The minimum atomic E-state index is -0.660. The van der Waals surface area contributed by atoms with E-state index >= 15 is 0 Å². The molecule has 1 aromatic carbocycles. The minimum absolute atomic E-state index is 0.0148. The summed E-state index contributed by atoms with van der Waals surface area (Å²) < 4.78 is 26.9. The van der Waals surface area contributed by atoms with E-state index in [2.05, 4.69) is 35.8 Å². The van der Waals surface area contributed by atoms with E-state index in [-0.39, 0.29) is 23.4 Å². The van der Waals surface area contributed by atoms with Crippen LogP contribution in [0.5, 0.6) is 0 Å². The molecule has 3 rings (SSSR count). The summed E-state index contributed by atoms with van der Waals surface area (Å²) in [5.74, 6) is -0.455. The number of aromatic amines is 1. The highest BCUT2D eigenvalue weighted by Gasteiger charge is 2.14. The van der Waals surface area contributed by atoms with Gasteiger partial charge in [-0.05, 0) is 19.9 Å². The van der Waals surface area contributed by atoms with Gasteiger partial charge in [0.25, 0.3) is 0 Å². The molecule has 0 aliphatic heterocycles. The number of benzene rings is 1. The fourth-order valence-electron chi connectivity index (χ4n) is 2.23. The van der Waals surface area contributed by atoms with Crippen molar-refractivity contribution in [3.05, 3.63) is 47.2 Å². The molecule has 0 aliphatic carbocycles. The molecule has 130 valence electrons. The lowest BCUT2D eigenvalue weighted by atomic mass is 10.1. The van der Waals surface area contributed by atoms with Gasteiger partial charge in [-0.15, -0.1) is 0 Å². The Hall–Kier alpha value is -3.30. The monoisotopic (exact) mass is 346 g/mol. The third-order valence-electron chi connectivity index (χ3n) is 3.37. The first-order valence-electron chi connectivity index (χ1n) is 7.43. The predicted octanol–water partition coefficient (Wildman–Crippen LogP) is 2.68. The SMILES string of the molecule is Cc1cc(Nc2nc(N)nc(NC(C)c3ccc(F)cc3F)n2)n[nH]1. The molecule has 25 heavy (non-hydrogen) atoms. The molecule has 0 spiro atoms. The number of aromatic nitrogens is 5. The number of rotatable bonds is 5. The van der Waals surface area contributed by atoms with Gasteiger partial charge in [0.2, 0.25) is 17.8 Å². The van der Waals surface area contributed by atoms with E-state index in [1.54, 1.807) is 13.0 Å². The van der Waals surface area contributed by atoms with Crippen molar-refractivity contribution in [1.29, 1.82) is 0 Å². The molecule has 8 nitrogen and oxygen atoms in total. The highest BCUT2D eigenvalue weighted by Crippen LogP contribution is 2.22. The number of nitrogens with one attached hydrogen (secondary N) is 3. The van der Waals surface area contributed by atoms with Gasteiger partial charge in [-0.2, -0.15) is 20.1 Å². The van der Waals surface area contributed by atoms with E-state index in [0.717, 1.165) is 11.8 Å². The third kappa shape index (κ3) is 3.97. The van der Waals surface area contributed by atoms with Crippen molar-refractivity contribution in [2.45, 2.75) is 19.9 Å². The second-order valence-corrected chi connectivity index (χ2v) is 5.43. The van der Waals surface area contributed by atoms with Crippen LogP contribution in [0.15, 0.2) is 24.3 Å². The van der Waals surface area contributed by atoms with Crippen molar-refractivity contribution in [2.75, 3.05) is 16.4 Å². The standard InChI is InChI=1S/C15H16F2N8/c1-7-5-12(25-24-7)20-15-22-13(18)21-14(23-15)19-8(2)10-4-3-9(16)6-11(10)17/h3-6,8H,1-2H3,(H5,18,19,20,21,22,23,24,25). The fourth-order valence-corrected chi connectivity index (χ4v) is 2.23. The normalized spacial score (nSPS) is 12.0. The summed E-state index contributed by atoms with van der Waals surface area (Å²) >= 11 is 0. The molecule has 0 amide bonds. The minimum Gasteiger partial charge on any atom is -0.368 e. The summed E-state index contributed by atoms with van der Waals surface area (Å²) in [5.41, 5.74) is 6.83. The zero-order valence-electron chi connectivity index (χ0n) is 13.5. The molecule has 0 saturated carbocycles. The maximum absolute atomic E-state index is 13.9. The molecule has 0 aliphatic rings. The van der Waals surface area contributed by atoms with Crippen LogP contribution in [-0.4, -0.2) is 25.1 Å². The Balaban J connectivity index is 1.80. The summed E-state index contributed by atoms with van der Waals surface area (Å²) in [6, 6.07) is 4.62. The van der Waals surface area contributed by atoms with Gasteiger partial charge in [0.05, 0.1) is 6.04 Å². The number of anilines is 4. The molecule has 5 N–H and O–H groups in total. The van der Waals surface area contributed by atoms with Crippen LogP contribution in [0.1, 0.15) is 24.2 Å². The summed E-state index contributed by atoms with van der Waals surface area (Å²) in [6.07, 6.45) is 0. The second kappa shape index (κ2) is 6.67. The maximum Gasteiger partial charge on any atom is 0.235 e. The molecule has 3 aromatic rings. The van der Waals surface area contributed by atoms with E-state index in [4.69, 9.17) is 5.73 Å². The van der Waals surface area contributed by atoms with Crippen molar-refractivity contribution >= 4 is 23.7 Å². The first-order chi connectivity index (χ1) is 11.9. The fraction of sp³-hybridized carbons (Fsp3) is 0.200. The van der Waals surface area contributed by atoms with Gasteiger partial charge in [0.15, 0.2) is 5.82 Å². The average Bonchev–Trinajstić information content (AvgIpc) is 2.91. The Labute approximate surface area is 141 Å². The predicted molar refractivity (Wildman–Crippen MR) is 89.2 cm³/mol. The average molecular weight is 346 g/mol. The zero-order valence-corrected chi connectivity index (χ0v) is 13.5. The number of hydrogen-bond acceptors (Lipinski definition) is 7. The topological polar surface area (TPSA) is 117 Å². The number of halogens is 2. The highest BCUT2D eigenvalue weighted by atomic mass is 19.1. The number of H-pyrrole nitrogens is 1. The summed E-state index contributed by atoms with van der Waals surface area (Å²) in [4.78, 5) is 12.1. The molecule has 10 heteroatoms. The van der Waals surface area contributed by atoms with E-state index in [0.29, 0.717) is 5.82 Å². The lowest BCUT2D eigenvalue weighted by Crippen LogP contribution is -2.14. The highest BCUT2D eigenvalue weighted by molar-refractivity contribution is 5.51. The van der Waals surface area contributed by atoms with Gasteiger partial charge in [0, 0.05) is 23.4 Å². The van der Waals surface area contributed by atoms with Crippen LogP contribution in [0.25, 0.3) is 0 Å². The molecule has 2 aromatic heterocycles. The van der Waals surface area contributed by atoms with E-state index in [1.165, 1.54) is 12.1 Å². The van der Waals surface area contributed by atoms with Crippen LogP contribution in [0, 0.1) is 18.6 Å². The molecule has 2 heterocycles. The number of hydrogen-bond donors (Lipinski definition) is 4. The lowest BCUT2D eigenvalue weighted by molar-refractivity contribution is 0.566. The molecule has 0 fully saturated rings. The summed E-state index contributed by atoms with van der Waals surface area (Å²) in [6.45, 7) is 3.55. The van der Waals surface area contributed by atoms with Gasteiger partial charge in [0.1, 0.15) is 11.6 Å². The van der Waals surface area contributed by atoms with E-state index in [1.807, 2.05) is 6.92 Å². The van der Waals surface area contributed by atoms with Crippen molar-refractivity contribution in [1.82, 2.24) is 25.1 Å². The summed E-state index contributed by atoms with van der Waals surface area (Å²) in [5, 5.41) is 12.6. The molecular formula is C15H16F2N8. The maximum atomic E-state index is 13.9. The third-order valence-corrected chi connectivity index (χ3v) is 3.37. The van der Waals surface area contributed by atoms with Crippen molar-refractivity contribution in [3.63, 3.8) is 0 Å². The quantitative estimate of drug-likeness (QED) is 0.561. The number of nitrogens with two attached hydrogens (primary N) is 1. The van der Waals surface area contributed by atoms with Crippen LogP contribution in [0.3, 0.4) is 0 Å². The lowest BCUT2D eigenvalue weighted by Gasteiger charge is -2.15. The first-order valence-corrected chi connectivity index (χ1v) is 7.43. The molecule has 0 bridgehead atoms. The Morgan fingerprint density at radius 1 is 1.12 bits per heavy atom. The molecule has 1 atom stereocenters. The van der Waals surface area contributed by atoms with Gasteiger partial charge < -0.3 is 16.4 Å². The number of aryl methyl sites for hydroxylation is 1. The Morgan fingerprint density at radius 3 is 2.56 bits per heavy atom. The summed E-state index contributed by atoms with van der Waals surface area (Å²) in [7, 11) is 0. The van der Waals surface area contributed by atoms with Crippen LogP contribution in [0.4, 0.5) is 32.4 Å². The van der Waals surface area contributed by atoms with Crippen molar-refractivity contribution < 1.29 is 8.78 Å². The van der Waals surface area contributed by atoms with Gasteiger partial charge in [-0.3, -0.25) is 5.10 Å². The number of nitrogen functional groups attached to an aromatic ring is 1. The van der Waals surface area contributed by atoms with Crippen molar-refractivity contribution in [2.24, 2.45) is 0 Å². The molecular weight excluding hydrogens is 330 g/mol. The van der Waals surface area contributed by atoms with Gasteiger partial charge >= 0.3 is 0 Å². The van der Waals surface area contributed by atoms with Gasteiger partial charge in [-0.25, -0.2) is 8.78 Å².